The van der Waals surface area contributed by atoms with Crippen molar-refractivity contribution in [3.8, 4) is 22.9 Å². The third-order valence-electron chi connectivity index (χ3n) is 4.36. The van der Waals surface area contributed by atoms with Crippen LogP contribution in [-0.4, -0.2) is 47.3 Å². The molecule has 0 aliphatic carbocycles. The molecule has 0 unspecified atom stereocenters. The van der Waals surface area contributed by atoms with Crippen molar-refractivity contribution in [1.29, 1.82) is 0 Å². The molecule has 1 heterocycles. The van der Waals surface area contributed by atoms with Gasteiger partial charge in [0.15, 0.2) is 17.3 Å². The first-order valence-corrected chi connectivity index (χ1v) is 9.49. The molecule has 0 saturated heterocycles. The summed E-state index contributed by atoms with van der Waals surface area (Å²) in [5.41, 5.74) is 1.59. The number of nitrogens with one attached hydrogen (secondary N) is 3. The summed E-state index contributed by atoms with van der Waals surface area (Å²) in [7, 11) is 3.09. The highest BCUT2D eigenvalue weighted by Gasteiger charge is 2.17. The summed E-state index contributed by atoms with van der Waals surface area (Å²) in [4.78, 5) is 28.7. The van der Waals surface area contributed by atoms with Gasteiger partial charge in [0.1, 0.15) is 6.04 Å². The highest BCUT2D eigenvalue weighted by molar-refractivity contribution is 5.99. The molecule has 3 rings (SSSR count). The fraction of sp³-hybridized carbons (Fsp3) is 0.182. The van der Waals surface area contributed by atoms with Gasteiger partial charge in [0.05, 0.1) is 14.2 Å². The molecule has 9 heteroatoms. The third-order valence-corrected chi connectivity index (χ3v) is 4.36. The Bertz CT molecular complexity index is 1080. The largest absolute Gasteiger partial charge is 0.493 e. The van der Waals surface area contributed by atoms with Crippen LogP contribution >= 0.6 is 0 Å². The molecule has 2 amide bonds. The zero-order valence-electron chi connectivity index (χ0n) is 17.4. The summed E-state index contributed by atoms with van der Waals surface area (Å²) in [6, 6.07) is 13.9. The number of benzene rings is 2. The highest BCUT2D eigenvalue weighted by atomic mass is 16.5. The van der Waals surface area contributed by atoms with Crippen molar-refractivity contribution in [1.82, 2.24) is 20.5 Å². The number of carbonyl (C=O) groups excluding carboxylic acids is 2. The fourth-order valence-corrected chi connectivity index (χ4v) is 2.71. The van der Waals surface area contributed by atoms with Crippen LogP contribution in [0.25, 0.3) is 17.5 Å². The van der Waals surface area contributed by atoms with Gasteiger partial charge >= 0.3 is 0 Å². The smallest absolute Gasteiger partial charge is 0.249 e. The van der Waals surface area contributed by atoms with E-state index in [2.05, 4.69) is 25.8 Å². The van der Waals surface area contributed by atoms with E-state index in [1.165, 1.54) is 6.08 Å². The van der Waals surface area contributed by atoms with E-state index in [9.17, 15) is 9.59 Å². The van der Waals surface area contributed by atoms with Crippen molar-refractivity contribution in [3.05, 3.63) is 60.2 Å². The van der Waals surface area contributed by atoms with Crippen molar-refractivity contribution in [2.45, 2.75) is 13.0 Å². The fourth-order valence-electron chi connectivity index (χ4n) is 2.71. The van der Waals surface area contributed by atoms with E-state index in [4.69, 9.17) is 9.47 Å². The van der Waals surface area contributed by atoms with Crippen LogP contribution in [0.5, 0.6) is 11.5 Å². The zero-order valence-corrected chi connectivity index (χ0v) is 17.4. The molecule has 31 heavy (non-hydrogen) atoms. The molecule has 0 aliphatic heterocycles. The molecule has 1 aromatic heterocycles. The van der Waals surface area contributed by atoms with Gasteiger partial charge in [0.2, 0.25) is 17.8 Å². The lowest BCUT2D eigenvalue weighted by molar-refractivity contribution is -0.123. The molecule has 3 aromatic rings. The van der Waals surface area contributed by atoms with Gasteiger partial charge in [0.25, 0.3) is 0 Å². The minimum atomic E-state index is -0.782. The van der Waals surface area contributed by atoms with Crippen molar-refractivity contribution in [2.24, 2.45) is 0 Å². The molecular formula is C22H23N5O4. The number of aromatic amines is 1. The van der Waals surface area contributed by atoms with Gasteiger partial charge in [-0.3, -0.25) is 20.0 Å². The topological polar surface area (TPSA) is 118 Å². The molecule has 1 atom stereocenters. The zero-order chi connectivity index (χ0) is 22.2. The van der Waals surface area contributed by atoms with E-state index in [-0.39, 0.29) is 11.9 Å². The number of H-pyrrole nitrogens is 1. The molecular weight excluding hydrogens is 398 g/mol. The van der Waals surface area contributed by atoms with Crippen LogP contribution in [0.1, 0.15) is 12.5 Å². The number of nitrogens with zero attached hydrogens (tertiary/aromatic N) is 2. The Morgan fingerprint density at radius 2 is 1.81 bits per heavy atom. The first-order valence-electron chi connectivity index (χ1n) is 9.49. The Balaban J connectivity index is 1.59. The maximum atomic E-state index is 12.4. The molecule has 3 N–H and O–H groups in total. The number of amides is 2. The number of hydrogen-bond acceptors (Lipinski definition) is 6. The van der Waals surface area contributed by atoms with Crippen LogP contribution in [0.4, 0.5) is 5.95 Å². The van der Waals surface area contributed by atoms with Crippen LogP contribution in [0, 0.1) is 0 Å². The molecule has 0 aliphatic rings. The highest BCUT2D eigenvalue weighted by Crippen LogP contribution is 2.31. The van der Waals surface area contributed by atoms with Crippen LogP contribution in [-0.2, 0) is 9.59 Å². The Morgan fingerprint density at radius 1 is 1.06 bits per heavy atom. The average molecular weight is 421 g/mol. The average Bonchev–Trinajstić information content (AvgIpc) is 3.26. The number of methoxy groups -OCH3 is 2. The van der Waals surface area contributed by atoms with Crippen molar-refractivity contribution in [2.75, 3.05) is 19.5 Å². The molecule has 0 fully saturated rings. The van der Waals surface area contributed by atoms with Gasteiger partial charge < -0.3 is 14.8 Å². The van der Waals surface area contributed by atoms with Gasteiger partial charge in [-0.05, 0) is 36.8 Å². The maximum Gasteiger partial charge on any atom is 0.249 e. The Kier molecular flexibility index (Phi) is 7.00. The van der Waals surface area contributed by atoms with Crippen LogP contribution in [0.15, 0.2) is 54.6 Å². The summed E-state index contributed by atoms with van der Waals surface area (Å²) in [5.74, 6) is 0.841. The maximum absolute atomic E-state index is 12.4. The number of anilines is 1. The van der Waals surface area contributed by atoms with Gasteiger partial charge in [-0.1, -0.05) is 30.3 Å². The Hall–Kier alpha value is -4.14. The van der Waals surface area contributed by atoms with E-state index in [1.807, 2.05) is 30.3 Å². The number of hydrogen-bond donors (Lipinski definition) is 3. The van der Waals surface area contributed by atoms with E-state index < -0.39 is 11.9 Å². The van der Waals surface area contributed by atoms with Crippen molar-refractivity contribution in [3.63, 3.8) is 0 Å². The van der Waals surface area contributed by atoms with Gasteiger partial charge in [-0.15, -0.1) is 5.10 Å². The third kappa shape index (κ3) is 5.69. The summed E-state index contributed by atoms with van der Waals surface area (Å²) in [5, 5.41) is 11.9. The van der Waals surface area contributed by atoms with E-state index in [1.54, 1.807) is 45.4 Å². The molecule has 0 saturated carbocycles. The van der Waals surface area contributed by atoms with Crippen molar-refractivity contribution < 1.29 is 19.1 Å². The molecule has 160 valence electrons. The molecule has 0 bridgehead atoms. The van der Waals surface area contributed by atoms with Crippen molar-refractivity contribution >= 4 is 23.8 Å². The molecule has 2 aromatic carbocycles. The second-order valence-corrected chi connectivity index (χ2v) is 6.54. The number of aromatic nitrogens is 3. The number of rotatable bonds is 8. The quantitative estimate of drug-likeness (QED) is 0.481. The predicted octanol–water partition coefficient (Wildman–Crippen LogP) is 2.65. The molecule has 0 radical (unpaired) electrons. The van der Waals surface area contributed by atoms with Gasteiger partial charge in [0, 0.05) is 11.6 Å². The minimum absolute atomic E-state index is 0.0933. The Morgan fingerprint density at radius 3 is 2.52 bits per heavy atom. The first kappa shape index (κ1) is 21.6. The van der Waals surface area contributed by atoms with Crippen LogP contribution in [0.2, 0.25) is 0 Å². The number of carbonyl (C=O) groups is 2. The summed E-state index contributed by atoms with van der Waals surface area (Å²) in [6.07, 6.45) is 3.05. The van der Waals surface area contributed by atoms with E-state index in [0.29, 0.717) is 22.9 Å². The van der Waals surface area contributed by atoms with Gasteiger partial charge in [-0.2, -0.15) is 4.98 Å². The molecule has 9 nitrogen and oxygen atoms in total. The van der Waals surface area contributed by atoms with E-state index in [0.717, 1.165) is 5.56 Å². The molecule has 0 spiro atoms. The monoisotopic (exact) mass is 421 g/mol. The van der Waals surface area contributed by atoms with Crippen LogP contribution in [0.3, 0.4) is 0 Å². The predicted molar refractivity (Wildman–Crippen MR) is 117 cm³/mol. The normalized spacial score (nSPS) is 11.7. The van der Waals surface area contributed by atoms with E-state index >= 15 is 0 Å². The Labute approximate surface area is 179 Å². The minimum Gasteiger partial charge on any atom is -0.493 e. The lowest BCUT2D eigenvalue weighted by Crippen LogP contribution is -2.41. The summed E-state index contributed by atoms with van der Waals surface area (Å²) in [6.45, 7) is 1.57. The second-order valence-electron chi connectivity index (χ2n) is 6.54. The SMILES string of the molecule is COc1ccc(-c2nc(NC(=O)[C@@H](C)NC(=O)/C=C/c3ccccc3)n[nH]2)cc1OC. The standard InChI is InChI=1S/C22H23N5O4/c1-14(23-19(28)12-9-15-7-5-4-6-8-15)21(29)25-22-24-20(26-27-22)16-10-11-17(30-2)18(13-16)31-3/h4-14H,1-3H3,(H,23,28)(H2,24,25,26,27,29)/b12-9+/t14-/m1/s1. The lowest BCUT2D eigenvalue weighted by Gasteiger charge is -2.11. The summed E-state index contributed by atoms with van der Waals surface area (Å²) < 4.78 is 10.5. The van der Waals surface area contributed by atoms with Gasteiger partial charge in [-0.25, -0.2) is 0 Å². The lowest BCUT2D eigenvalue weighted by atomic mass is 10.2. The first-order chi connectivity index (χ1) is 15.0. The summed E-state index contributed by atoms with van der Waals surface area (Å²) >= 11 is 0. The number of ether oxygens (including phenoxy) is 2. The second kappa shape index (κ2) is 10.1. The van der Waals surface area contributed by atoms with Crippen LogP contribution < -0.4 is 20.1 Å².